The van der Waals surface area contributed by atoms with Gasteiger partial charge < -0.3 is 10.5 Å². The van der Waals surface area contributed by atoms with E-state index >= 15 is 0 Å². The Morgan fingerprint density at radius 3 is 2.76 bits per heavy atom. The van der Waals surface area contributed by atoms with Gasteiger partial charge in [-0.1, -0.05) is 18.2 Å². The number of nitrogens with two attached hydrogens (primary N) is 1. The number of benzene rings is 1. The quantitative estimate of drug-likeness (QED) is 0.888. The minimum atomic E-state index is -4.14. The van der Waals surface area contributed by atoms with E-state index in [0.717, 1.165) is 11.3 Å². The van der Waals surface area contributed by atoms with Crippen molar-refractivity contribution in [2.75, 3.05) is 6.61 Å². The number of rotatable bonds is 3. The van der Waals surface area contributed by atoms with Crippen LogP contribution in [0.25, 0.3) is 0 Å². The minimum Gasteiger partial charge on any atom is -0.493 e. The van der Waals surface area contributed by atoms with E-state index in [-0.39, 0.29) is 12.3 Å². The minimum absolute atomic E-state index is 0.0636. The highest BCUT2D eigenvalue weighted by Gasteiger charge is 2.33. The van der Waals surface area contributed by atoms with Crippen LogP contribution in [0.5, 0.6) is 5.75 Å². The highest BCUT2D eigenvalue weighted by Crippen LogP contribution is 2.36. The summed E-state index contributed by atoms with van der Waals surface area (Å²) in [5.41, 5.74) is 6.74. The van der Waals surface area contributed by atoms with Crippen molar-refractivity contribution in [2.45, 2.75) is 31.0 Å². The number of hydrogen-bond donors (Lipinski definition) is 1. The molecule has 1 aromatic carbocycles. The van der Waals surface area contributed by atoms with Crippen LogP contribution in [0.1, 0.15) is 24.3 Å². The second-order valence-corrected chi connectivity index (χ2v) is 4.27. The van der Waals surface area contributed by atoms with Gasteiger partial charge in [0.1, 0.15) is 5.75 Å². The molecule has 1 aliphatic heterocycles. The highest BCUT2D eigenvalue weighted by molar-refractivity contribution is 5.40. The number of hydrogen-bond acceptors (Lipinski definition) is 2. The molecule has 1 aliphatic rings. The van der Waals surface area contributed by atoms with Crippen LogP contribution in [0, 0.1) is 0 Å². The topological polar surface area (TPSA) is 35.2 Å². The molecule has 94 valence electrons. The Bertz CT molecular complexity index is 392. The number of halogens is 3. The Labute approximate surface area is 97.6 Å². The van der Waals surface area contributed by atoms with Gasteiger partial charge in [-0.3, -0.25) is 0 Å². The summed E-state index contributed by atoms with van der Waals surface area (Å²) in [6.45, 7) is 0.373. The molecule has 1 aromatic rings. The largest absolute Gasteiger partial charge is 0.493 e. The van der Waals surface area contributed by atoms with Crippen LogP contribution in [0.4, 0.5) is 13.2 Å². The van der Waals surface area contributed by atoms with E-state index < -0.39 is 18.6 Å². The molecule has 0 radical (unpaired) electrons. The molecule has 0 amide bonds. The molecule has 0 spiro atoms. The van der Waals surface area contributed by atoms with E-state index in [9.17, 15) is 13.2 Å². The fourth-order valence-corrected chi connectivity index (χ4v) is 2.07. The van der Waals surface area contributed by atoms with Gasteiger partial charge in [-0.05, 0) is 12.5 Å². The maximum absolute atomic E-state index is 12.1. The Hall–Kier alpha value is -1.23. The molecule has 0 aromatic heterocycles. The first-order valence-electron chi connectivity index (χ1n) is 5.51. The summed E-state index contributed by atoms with van der Waals surface area (Å²) in [5.74, 6) is 0.605. The molecule has 2 N–H and O–H groups in total. The van der Waals surface area contributed by atoms with Crippen LogP contribution < -0.4 is 10.5 Å². The van der Waals surface area contributed by atoms with Crippen LogP contribution in [-0.2, 0) is 0 Å². The van der Waals surface area contributed by atoms with Gasteiger partial charge in [-0.25, -0.2) is 0 Å². The fourth-order valence-electron chi connectivity index (χ4n) is 2.07. The first-order chi connectivity index (χ1) is 7.97. The lowest BCUT2D eigenvalue weighted by atomic mass is 9.91. The molecule has 2 atom stereocenters. The van der Waals surface area contributed by atoms with E-state index in [1.54, 1.807) is 0 Å². The second kappa shape index (κ2) is 4.56. The van der Waals surface area contributed by atoms with Crippen molar-refractivity contribution < 1.29 is 17.9 Å². The molecule has 2 nitrogen and oxygen atoms in total. The molecule has 1 heterocycles. The van der Waals surface area contributed by atoms with Crippen LogP contribution in [0.2, 0.25) is 0 Å². The summed E-state index contributed by atoms with van der Waals surface area (Å²) in [6, 6.07) is 6.84. The third kappa shape index (κ3) is 2.91. The summed E-state index contributed by atoms with van der Waals surface area (Å²) in [7, 11) is 0. The van der Waals surface area contributed by atoms with Crippen molar-refractivity contribution in [2.24, 2.45) is 5.73 Å². The normalized spacial score (nSPS) is 20.8. The van der Waals surface area contributed by atoms with Crippen molar-refractivity contribution in [1.29, 1.82) is 0 Å². The number of para-hydroxylation sites is 1. The van der Waals surface area contributed by atoms with Crippen molar-refractivity contribution in [1.82, 2.24) is 0 Å². The van der Waals surface area contributed by atoms with Crippen LogP contribution in [0.3, 0.4) is 0 Å². The zero-order valence-electron chi connectivity index (χ0n) is 9.20. The molecule has 0 saturated heterocycles. The van der Waals surface area contributed by atoms with Crippen molar-refractivity contribution in [3.05, 3.63) is 29.8 Å². The van der Waals surface area contributed by atoms with Crippen molar-refractivity contribution in [3.63, 3.8) is 0 Å². The van der Waals surface area contributed by atoms with E-state index in [4.69, 9.17) is 10.5 Å². The number of alkyl halides is 3. The summed E-state index contributed by atoms with van der Waals surface area (Å²) in [5, 5.41) is 0. The van der Waals surface area contributed by atoms with E-state index in [1.165, 1.54) is 0 Å². The van der Waals surface area contributed by atoms with E-state index in [0.29, 0.717) is 6.61 Å². The molecule has 5 heteroatoms. The lowest BCUT2D eigenvalue weighted by molar-refractivity contribution is -0.136. The lowest BCUT2D eigenvalue weighted by Crippen LogP contribution is -2.31. The van der Waals surface area contributed by atoms with Crippen LogP contribution in [-0.4, -0.2) is 18.8 Å². The standard InChI is InChI=1S/C12H14F3NO/c13-12(14,15)6-5-10(16)9-7-17-11-4-2-1-3-8(9)11/h1-4,9-10H,5-7,16H2. The van der Waals surface area contributed by atoms with Gasteiger partial charge in [0.05, 0.1) is 6.61 Å². The van der Waals surface area contributed by atoms with Gasteiger partial charge in [0, 0.05) is 23.9 Å². The third-order valence-corrected chi connectivity index (χ3v) is 3.01. The molecule has 0 saturated carbocycles. The van der Waals surface area contributed by atoms with E-state index in [1.807, 2.05) is 24.3 Å². The fraction of sp³-hybridized carbons (Fsp3) is 0.500. The van der Waals surface area contributed by atoms with Gasteiger partial charge in [-0.2, -0.15) is 13.2 Å². The second-order valence-electron chi connectivity index (χ2n) is 4.27. The number of fused-ring (bicyclic) bond motifs is 1. The van der Waals surface area contributed by atoms with Crippen molar-refractivity contribution >= 4 is 0 Å². The Kier molecular flexibility index (Phi) is 3.28. The van der Waals surface area contributed by atoms with Gasteiger partial charge in [-0.15, -0.1) is 0 Å². The van der Waals surface area contributed by atoms with Gasteiger partial charge in [0.2, 0.25) is 0 Å². The van der Waals surface area contributed by atoms with E-state index in [2.05, 4.69) is 0 Å². The summed E-state index contributed by atoms with van der Waals surface area (Å²) in [6.07, 6.45) is -5.05. The summed E-state index contributed by atoms with van der Waals surface area (Å²) >= 11 is 0. The van der Waals surface area contributed by atoms with Crippen LogP contribution in [0.15, 0.2) is 24.3 Å². The maximum atomic E-state index is 12.1. The first kappa shape index (κ1) is 12.2. The zero-order valence-corrected chi connectivity index (χ0v) is 9.20. The molecule has 2 unspecified atom stereocenters. The predicted molar refractivity (Wildman–Crippen MR) is 57.9 cm³/mol. The molecule has 0 fully saturated rings. The first-order valence-corrected chi connectivity index (χ1v) is 5.51. The smallest absolute Gasteiger partial charge is 0.389 e. The molecule has 0 bridgehead atoms. The average molecular weight is 245 g/mol. The SMILES string of the molecule is NC(CCC(F)(F)F)C1COc2ccccc21. The number of ether oxygens (including phenoxy) is 1. The third-order valence-electron chi connectivity index (χ3n) is 3.01. The lowest BCUT2D eigenvalue weighted by Gasteiger charge is -2.18. The summed E-state index contributed by atoms with van der Waals surface area (Å²) < 4.78 is 41.7. The molecule has 0 aliphatic carbocycles. The Balaban J connectivity index is 2.00. The average Bonchev–Trinajstić information content (AvgIpc) is 2.68. The summed E-state index contributed by atoms with van der Waals surface area (Å²) in [4.78, 5) is 0. The van der Waals surface area contributed by atoms with Crippen molar-refractivity contribution in [3.8, 4) is 5.75 Å². The van der Waals surface area contributed by atoms with Gasteiger partial charge in [0.25, 0.3) is 0 Å². The van der Waals surface area contributed by atoms with Crippen LogP contribution >= 0.6 is 0 Å². The molecule has 17 heavy (non-hydrogen) atoms. The maximum Gasteiger partial charge on any atom is 0.389 e. The zero-order chi connectivity index (χ0) is 12.5. The molecular weight excluding hydrogens is 231 g/mol. The molecule has 2 rings (SSSR count). The Morgan fingerprint density at radius 2 is 2.06 bits per heavy atom. The predicted octanol–water partition coefficient (Wildman–Crippen LogP) is 2.83. The monoisotopic (exact) mass is 245 g/mol. The Morgan fingerprint density at radius 1 is 1.35 bits per heavy atom. The molecular formula is C12H14F3NO. The van der Waals surface area contributed by atoms with Gasteiger partial charge >= 0.3 is 6.18 Å². The highest BCUT2D eigenvalue weighted by atomic mass is 19.4. The van der Waals surface area contributed by atoms with Gasteiger partial charge in [0.15, 0.2) is 0 Å².